The minimum atomic E-state index is -1.07. The van der Waals surface area contributed by atoms with E-state index in [1.165, 1.54) is 23.5 Å². The average molecular weight is 445 g/mol. The zero-order chi connectivity index (χ0) is 23.5. The molecule has 0 saturated carbocycles. The molecular weight excluding hydrogens is 416 g/mol. The number of amides is 1. The van der Waals surface area contributed by atoms with Gasteiger partial charge in [0.1, 0.15) is 11.4 Å². The zero-order valence-electron chi connectivity index (χ0n) is 19.1. The first-order chi connectivity index (χ1) is 15.8. The molecule has 0 radical (unpaired) electrons. The molecule has 33 heavy (non-hydrogen) atoms. The number of carbonyl (C=O) groups is 2. The van der Waals surface area contributed by atoms with Crippen LogP contribution in [0, 0.1) is 13.8 Å². The van der Waals surface area contributed by atoms with Crippen LogP contribution in [-0.2, 0) is 0 Å². The van der Waals surface area contributed by atoms with Crippen LogP contribution in [0.4, 0.5) is 17.2 Å². The van der Waals surface area contributed by atoms with E-state index in [0.29, 0.717) is 30.2 Å². The summed E-state index contributed by atoms with van der Waals surface area (Å²) in [7, 11) is 0. The molecule has 7 nitrogen and oxygen atoms in total. The number of aromatic nitrogens is 1. The highest BCUT2D eigenvalue weighted by Gasteiger charge is 2.28. The van der Waals surface area contributed by atoms with Gasteiger partial charge in [-0.25, -0.2) is 9.78 Å². The van der Waals surface area contributed by atoms with Crippen molar-refractivity contribution in [2.75, 3.05) is 34.8 Å². The van der Waals surface area contributed by atoms with Crippen molar-refractivity contribution >= 4 is 29.1 Å². The van der Waals surface area contributed by atoms with Crippen molar-refractivity contribution in [1.29, 1.82) is 0 Å². The summed E-state index contributed by atoms with van der Waals surface area (Å²) in [6.07, 6.45) is 1.52. The second kappa shape index (κ2) is 9.32. The lowest BCUT2D eigenvalue weighted by Gasteiger charge is -2.42. The van der Waals surface area contributed by atoms with E-state index in [2.05, 4.69) is 53.3 Å². The minimum absolute atomic E-state index is 0.0776. The van der Waals surface area contributed by atoms with Gasteiger partial charge in [0.05, 0.1) is 11.9 Å². The third-order valence-corrected chi connectivity index (χ3v) is 6.00. The van der Waals surface area contributed by atoms with Crippen molar-refractivity contribution in [3.8, 4) is 0 Å². The number of carboxylic acid groups (broad SMARTS) is 1. The Morgan fingerprint density at radius 2 is 1.82 bits per heavy atom. The molecule has 3 aromatic rings. The number of benzene rings is 2. The predicted octanol–water partition coefficient (Wildman–Crippen LogP) is 4.36. The maximum absolute atomic E-state index is 12.6. The molecule has 0 aliphatic carbocycles. The summed E-state index contributed by atoms with van der Waals surface area (Å²) >= 11 is 0. The van der Waals surface area contributed by atoms with E-state index in [1.807, 2.05) is 24.0 Å². The minimum Gasteiger partial charge on any atom is -0.478 e. The van der Waals surface area contributed by atoms with E-state index in [-0.39, 0.29) is 17.5 Å². The Bertz CT molecular complexity index is 1190. The number of pyridine rings is 1. The lowest BCUT2D eigenvalue weighted by molar-refractivity contribution is 0.0696. The van der Waals surface area contributed by atoms with Gasteiger partial charge in [0.2, 0.25) is 0 Å². The molecule has 2 aromatic carbocycles. The third kappa shape index (κ3) is 4.82. The summed E-state index contributed by atoms with van der Waals surface area (Å²) in [5.74, 6) is -0.940. The quantitative estimate of drug-likeness (QED) is 0.608. The van der Waals surface area contributed by atoms with Gasteiger partial charge in [-0.2, -0.15) is 0 Å². The first-order valence-electron chi connectivity index (χ1n) is 11.0. The number of hydrogen-bond donors (Lipinski definition) is 2. The van der Waals surface area contributed by atoms with Crippen LogP contribution in [0.1, 0.15) is 38.8 Å². The van der Waals surface area contributed by atoms with Gasteiger partial charge in [0.25, 0.3) is 5.91 Å². The molecule has 1 aromatic heterocycles. The summed E-state index contributed by atoms with van der Waals surface area (Å²) in [4.78, 5) is 33.5. The lowest BCUT2D eigenvalue weighted by Crippen LogP contribution is -2.52. The Morgan fingerprint density at radius 3 is 2.52 bits per heavy atom. The van der Waals surface area contributed by atoms with Crippen molar-refractivity contribution in [2.24, 2.45) is 0 Å². The average Bonchev–Trinajstić information content (AvgIpc) is 2.79. The van der Waals surface area contributed by atoms with Crippen LogP contribution in [0.2, 0.25) is 0 Å². The number of hydrogen-bond acceptors (Lipinski definition) is 5. The molecule has 1 amide bonds. The van der Waals surface area contributed by atoms with E-state index in [0.717, 1.165) is 12.1 Å². The third-order valence-electron chi connectivity index (χ3n) is 6.00. The molecule has 170 valence electrons. The van der Waals surface area contributed by atoms with E-state index < -0.39 is 5.97 Å². The molecule has 0 bridgehead atoms. The molecule has 0 unspecified atom stereocenters. The summed E-state index contributed by atoms with van der Waals surface area (Å²) < 4.78 is 0. The van der Waals surface area contributed by atoms with E-state index >= 15 is 0 Å². The first kappa shape index (κ1) is 22.3. The number of nitrogens with one attached hydrogen (secondary N) is 1. The largest absolute Gasteiger partial charge is 0.478 e. The molecule has 1 aliphatic heterocycles. The Morgan fingerprint density at radius 1 is 1.03 bits per heavy atom. The van der Waals surface area contributed by atoms with Crippen molar-refractivity contribution in [3.63, 3.8) is 0 Å². The highest BCUT2D eigenvalue weighted by molar-refractivity contribution is 6.06. The Kier molecular flexibility index (Phi) is 6.31. The molecule has 4 rings (SSSR count). The van der Waals surface area contributed by atoms with E-state index in [9.17, 15) is 14.7 Å². The van der Waals surface area contributed by atoms with Crippen LogP contribution >= 0.6 is 0 Å². The molecule has 7 heteroatoms. The maximum Gasteiger partial charge on any atom is 0.339 e. The van der Waals surface area contributed by atoms with Crippen molar-refractivity contribution in [1.82, 2.24) is 4.98 Å². The fraction of sp³-hybridized carbons (Fsp3) is 0.269. The monoisotopic (exact) mass is 444 g/mol. The number of piperazine rings is 1. The second-order valence-electron chi connectivity index (χ2n) is 8.50. The molecule has 2 heterocycles. The number of aromatic carboxylic acids is 1. The SMILES string of the molecule is Cc1cccc(N2CCN(c3ncc(NC(=O)c4ccccc4C)cc3C(=O)O)C[C@H]2C)c1. The summed E-state index contributed by atoms with van der Waals surface area (Å²) in [6, 6.07) is 17.3. The molecule has 2 N–H and O–H groups in total. The smallest absolute Gasteiger partial charge is 0.339 e. The van der Waals surface area contributed by atoms with Crippen molar-refractivity contribution < 1.29 is 14.7 Å². The maximum atomic E-state index is 12.6. The van der Waals surface area contributed by atoms with Gasteiger partial charge in [-0.05, 0) is 56.2 Å². The van der Waals surface area contributed by atoms with E-state index in [4.69, 9.17) is 0 Å². The number of carbonyl (C=O) groups excluding carboxylic acids is 1. The van der Waals surface area contributed by atoms with Gasteiger partial charge in [0, 0.05) is 36.9 Å². The van der Waals surface area contributed by atoms with Crippen LogP contribution in [0.15, 0.2) is 60.8 Å². The molecule has 1 saturated heterocycles. The fourth-order valence-electron chi connectivity index (χ4n) is 4.30. The van der Waals surface area contributed by atoms with Gasteiger partial charge in [-0.3, -0.25) is 4.79 Å². The van der Waals surface area contributed by atoms with Crippen LogP contribution in [0.3, 0.4) is 0 Å². The Labute approximate surface area is 193 Å². The van der Waals surface area contributed by atoms with Gasteiger partial charge in [0.15, 0.2) is 0 Å². The number of rotatable bonds is 5. The van der Waals surface area contributed by atoms with Crippen LogP contribution in [-0.4, -0.2) is 47.6 Å². The van der Waals surface area contributed by atoms with Crippen LogP contribution in [0.5, 0.6) is 0 Å². The van der Waals surface area contributed by atoms with E-state index in [1.54, 1.807) is 12.1 Å². The highest BCUT2D eigenvalue weighted by Crippen LogP contribution is 2.27. The van der Waals surface area contributed by atoms with Crippen molar-refractivity contribution in [2.45, 2.75) is 26.8 Å². The topological polar surface area (TPSA) is 85.8 Å². The normalized spacial score (nSPS) is 15.9. The van der Waals surface area contributed by atoms with Gasteiger partial charge in [-0.1, -0.05) is 30.3 Å². The standard InChI is InChI=1S/C26H28N4O3/c1-17-7-6-9-21(13-17)30-12-11-29(16-19(30)3)24-23(26(32)33)14-20(15-27-24)28-25(31)22-10-5-4-8-18(22)2/h4-10,13-15,19H,11-12,16H2,1-3H3,(H,28,31)(H,32,33)/t19-/m1/s1. The summed E-state index contributed by atoms with van der Waals surface area (Å²) in [5.41, 5.74) is 4.20. The highest BCUT2D eigenvalue weighted by atomic mass is 16.4. The fourth-order valence-corrected chi connectivity index (χ4v) is 4.30. The number of carboxylic acids is 1. The van der Waals surface area contributed by atoms with Gasteiger partial charge in [-0.15, -0.1) is 0 Å². The number of anilines is 3. The molecule has 1 fully saturated rings. The van der Waals surface area contributed by atoms with Crippen molar-refractivity contribution in [3.05, 3.63) is 83.0 Å². The lowest BCUT2D eigenvalue weighted by atomic mass is 10.1. The molecule has 1 aliphatic rings. The Balaban J connectivity index is 1.53. The molecule has 0 spiro atoms. The predicted molar refractivity (Wildman–Crippen MR) is 131 cm³/mol. The van der Waals surface area contributed by atoms with Gasteiger partial charge < -0.3 is 20.2 Å². The summed E-state index contributed by atoms with van der Waals surface area (Å²) in [5, 5.41) is 12.6. The second-order valence-corrected chi connectivity index (χ2v) is 8.50. The molecular formula is C26H28N4O3. The molecule has 1 atom stereocenters. The number of nitrogens with zero attached hydrogens (tertiary/aromatic N) is 3. The number of aryl methyl sites for hydroxylation is 2. The first-order valence-corrected chi connectivity index (χ1v) is 11.0. The van der Waals surface area contributed by atoms with Crippen LogP contribution in [0.25, 0.3) is 0 Å². The summed E-state index contributed by atoms with van der Waals surface area (Å²) in [6.45, 7) is 8.13. The zero-order valence-corrected chi connectivity index (χ0v) is 19.1. The Hall–Kier alpha value is -3.87. The van der Waals surface area contributed by atoms with Crippen LogP contribution < -0.4 is 15.1 Å². The van der Waals surface area contributed by atoms with Gasteiger partial charge >= 0.3 is 5.97 Å².